The van der Waals surface area contributed by atoms with Crippen molar-refractivity contribution in [1.82, 2.24) is 4.81 Å². The highest BCUT2D eigenvalue weighted by Crippen LogP contribution is 2.27. The average Bonchev–Trinajstić information content (AvgIpc) is 2.01. The molecule has 2 atom stereocenters. The summed E-state index contributed by atoms with van der Waals surface area (Å²) in [7, 11) is -0.369. The number of nitrogens with two attached hydrogens (primary N) is 1. The fourth-order valence-corrected chi connectivity index (χ4v) is 2.60. The zero-order chi connectivity index (χ0) is 9.42. The summed E-state index contributed by atoms with van der Waals surface area (Å²) >= 11 is 0. The van der Waals surface area contributed by atoms with Crippen LogP contribution in [-0.4, -0.2) is 48.2 Å². The monoisotopic (exact) mass is 184 g/mol. The number of ether oxygens (including phenoxy) is 1. The maximum Gasteiger partial charge on any atom is 0.377 e. The molecule has 2 rings (SSSR count). The minimum absolute atomic E-state index is 0.286. The van der Waals surface area contributed by atoms with Gasteiger partial charge < -0.3 is 20.3 Å². The number of hydrogen-bond donors (Lipinski definition) is 2. The normalized spacial score (nSPS) is 40.4. The van der Waals surface area contributed by atoms with Crippen LogP contribution in [-0.2, 0) is 4.74 Å². The predicted octanol–water partition coefficient (Wildman–Crippen LogP) is -0.713. The molecule has 2 bridgehead atoms. The van der Waals surface area contributed by atoms with Crippen LogP contribution in [0.3, 0.4) is 0 Å². The van der Waals surface area contributed by atoms with Gasteiger partial charge in [-0.15, -0.1) is 0 Å². The molecule has 0 aliphatic carbocycles. The lowest BCUT2D eigenvalue weighted by atomic mass is 9.75. The van der Waals surface area contributed by atoms with Crippen molar-refractivity contribution in [2.75, 3.05) is 13.2 Å². The van der Waals surface area contributed by atoms with Crippen LogP contribution in [0.5, 0.6) is 0 Å². The summed E-state index contributed by atoms with van der Waals surface area (Å²) in [4.78, 5) is 2.15. The van der Waals surface area contributed by atoms with E-state index < -0.39 is 0 Å². The second-order valence-electron chi connectivity index (χ2n) is 4.16. The molecule has 2 aliphatic heterocycles. The number of piperidine rings is 1. The van der Waals surface area contributed by atoms with Gasteiger partial charge >= 0.3 is 7.05 Å². The fraction of sp³-hybridized carbons (Fsp3) is 1.00. The lowest BCUT2D eigenvalue weighted by Gasteiger charge is -2.48. The third-order valence-electron chi connectivity index (χ3n) is 3.04. The van der Waals surface area contributed by atoms with Gasteiger partial charge in [0.15, 0.2) is 0 Å². The molecule has 4 nitrogen and oxygen atoms in total. The first kappa shape index (κ1) is 9.46. The largest absolute Gasteiger partial charge is 0.437 e. The summed E-state index contributed by atoms with van der Waals surface area (Å²) in [5, 5.41) is 9.60. The Hall–Kier alpha value is -0.0951. The van der Waals surface area contributed by atoms with Crippen LogP contribution in [0.4, 0.5) is 0 Å². The third-order valence-corrected chi connectivity index (χ3v) is 3.04. The minimum Gasteiger partial charge on any atom is -0.437 e. The molecule has 2 saturated heterocycles. The van der Waals surface area contributed by atoms with E-state index in [1.54, 1.807) is 0 Å². The Morgan fingerprint density at radius 3 is 2.38 bits per heavy atom. The maximum absolute atomic E-state index is 9.60. The summed E-state index contributed by atoms with van der Waals surface area (Å²) < 4.78 is 5.46. The molecule has 0 aromatic heterocycles. The first-order chi connectivity index (χ1) is 6.18. The van der Waals surface area contributed by atoms with Crippen LogP contribution in [0.25, 0.3) is 0 Å². The topological polar surface area (TPSA) is 58.7 Å². The Labute approximate surface area is 79.2 Å². The van der Waals surface area contributed by atoms with Crippen LogP contribution >= 0.6 is 0 Å². The Morgan fingerprint density at radius 1 is 1.38 bits per heavy atom. The van der Waals surface area contributed by atoms with E-state index >= 15 is 0 Å². The van der Waals surface area contributed by atoms with Crippen LogP contribution < -0.4 is 5.73 Å². The highest BCUT2D eigenvalue weighted by Gasteiger charge is 2.40. The van der Waals surface area contributed by atoms with Crippen molar-refractivity contribution < 1.29 is 9.76 Å². The van der Waals surface area contributed by atoms with E-state index in [0.29, 0.717) is 12.1 Å². The molecule has 74 valence electrons. The van der Waals surface area contributed by atoms with E-state index in [9.17, 15) is 5.02 Å². The van der Waals surface area contributed by atoms with E-state index in [2.05, 4.69) is 4.81 Å². The van der Waals surface area contributed by atoms with Crippen molar-refractivity contribution in [2.24, 2.45) is 5.73 Å². The summed E-state index contributed by atoms with van der Waals surface area (Å²) in [6.45, 7) is 3.26. The fourth-order valence-electron chi connectivity index (χ4n) is 2.60. The Kier molecular flexibility index (Phi) is 2.60. The number of fused-ring (bicyclic) bond motifs is 2. The first-order valence-electron chi connectivity index (χ1n) is 4.97. The van der Waals surface area contributed by atoms with Gasteiger partial charge in [-0.05, 0) is 19.7 Å². The second-order valence-corrected chi connectivity index (χ2v) is 4.16. The van der Waals surface area contributed by atoms with Crippen LogP contribution in [0, 0.1) is 0 Å². The van der Waals surface area contributed by atoms with Gasteiger partial charge in [0.2, 0.25) is 0 Å². The molecule has 0 spiro atoms. The minimum atomic E-state index is -0.369. The molecule has 3 N–H and O–H groups in total. The molecule has 0 radical (unpaired) electrons. The second kappa shape index (κ2) is 3.57. The first-order valence-corrected chi connectivity index (χ1v) is 4.97. The molecule has 0 aromatic rings. The van der Waals surface area contributed by atoms with Gasteiger partial charge in [-0.3, -0.25) is 0 Å². The van der Waals surface area contributed by atoms with E-state index in [1.807, 2.05) is 6.82 Å². The SMILES string of the molecule is CB(O)N1C2COCC1CC(N)C2. The zero-order valence-corrected chi connectivity index (χ0v) is 8.02. The van der Waals surface area contributed by atoms with Crippen LogP contribution in [0.1, 0.15) is 12.8 Å². The van der Waals surface area contributed by atoms with E-state index in [4.69, 9.17) is 10.5 Å². The van der Waals surface area contributed by atoms with Crippen LogP contribution in [0.2, 0.25) is 6.82 Å². The summed E-state index contributed by atoms with van der Waals surface area (Å²) in [5.74, 6) is 0. The number of morpholine rings is 1. The van der Waals surface area contributed by atoms with E-state index in [1.165, 1.54) is 0 Å². The van der Waals surface area contributed by atoms with Gasteiger partial charge in [0.05, 0.1) is 13.2 Å². The molecule has 0 saturated carbocycles. The maximum atomic E-state index is 9.60. The molecule has 2 fully saturated rings. The molecule has 5 heteroatoms. The average molecular weight is 184 g/mol. The van der Waals surface area contributed by atoms with Crippen molar-refractivity contribution in [1.29, 1.82) is 0 Å². The van der Waals surface area contributed by atoms with Gasteiger partial charge in [-0.2, -0.15) is 0 Å². The standard InChI is InChI=1S/C8H17BN2O2/c1-9(12)11-7-2-6(10)3-8(11)5-13-4-7/h6-8,12H,2-5,10H2,1H3. The van der Waals surface area contributed by atoms with Gasteiger partial charge in [0.1, 0.15) is 0 Å². The summed E-state index contributed by atoms with van der Waals surface area (Å²) in [5.41, 5.74) is 5.92. The van der Waals surface area contributed by atoms with E-state index in [-0.39, 0.29) is 13.1 Å². The van der Waals surface area contributed by atoms with Crippen molar-refractivity contribution in [3.8, 4) is 0 Å². The Balaban J connectivity index is 2.10. The highest BCUT2D eigenvalue weighted by atomic mass is 16.5. The quantitative estimate of drug-likeness (QED) is 0.528. The van der Waals surface area contributed by atoms with Gasteiger partial charge in [-0.1, -0.05) is 0 Å². The lowest BCUT2D eigenvalue weighted by Crippen LogP contribution is -2.63. The molecule has 0 aromatic carbocycles. The smallest absolute Gasteiger partial charge is 0.377 e. The molecule has 2 aliphatic rings. The van der Waals surface area contributed by atoms with Crippen molar-refractivity contribution in [3.05, 3.63) is 0 Å². The van der Waals surface area contributed by atoms with E-state index in [0.717, 1.165) is 26.1 Å². The highest BCUT2D eigenvalue weighted by molar-refractivity contribution is 6.45. The molecule has 2 unspecified atom stereocenters. The Morgan fingerprint density at radius 2 is 1.92 bits per heavy atom. The third kappa shape index (κ3) is 1.74. The Bertz CT molecular complexity index is 177. The van der Waals surface area contributed by atoms with Gasteiger partial charge in [0.25, 0.3) is 0 Å². The number of rotatable bonds is 1. The predicted molar refractivity (Wildman–Crippen MR) is 51.3 cm³/mol. The molecule has 13 heavy (non-hydrogen) atoms. The van der Waals surface area contributed by atoms with Crippen molar-refractivity contribution in [2.45, 2.75) is 37.8 Å². The zero-order valence-electron chi connectivity index (χ0n) is 8.02. The molecule has 0 amide bonds. The molecular formula is C8H17BN2O2. The molecular weight excluding hydrogens is 167 g/mol. The van der Waals surface area contributed by atoms with Crippen molar-refractivity contribution >= 4 is 7.05 Å². The van der Waals surface area contributed by atoms with Crippen LogP contribution in [0.15, 0.2) is 0 Å². The van der Waals surface area contributed by atoms with Gasteiger partial charge in [0, 0.05) is 18.1 Å². The van der Waals surface area contributed by atoms with Crippen molar-refractivity contribution in [3.63, 3.8) is 0 Å². The summed E-state index contributed by atoms with van der Waals surface area (Å²) in [6.07, 6.45) is 1.89. The van der Waals surface area contributed by atoms with Gasteiger partial charge in [-0.25, -0.2) is 0 Å². The number of nitrogens with zero attached hydrogens (tertiary/aromatic N) is 1. The molecule has 2 heterocycles. The summed E-state index contributed by atoms with van der Waals surface area (Å²) in [6, 6.07) is 0.930. The lowest BCUT2D eigenvalue weighted by molar-refractivity contribution is -0.0436. The number of hydrogen-bond acceptors (Lipinski definition) is 4.